The fourth-order valence-electron chi connectivity index (χ4n) is 2.44. The molecule has 1 aromatic rings. The van der Waals surface area contributed by atoms with Crippen molar-refractivity contribution in [3.8, 4) is 5.75 Å². The first-order valence-corrected chi connectivity index (χ1v) is 8.58. The molecule has 0 saturated carbocycles. The summed E-state index contributed by atoms with van der Waals surface area (Å²) in [6.07, 6.45) is 1.53. The van der Waals surface area contributed by atoms with Gasteiger partial charge in [-0.1, -0.05) is 32.4 Å². The van der Waals surface area contributed by atoms with Crippen molar-refractivity contribution in [2.24, 2.45) is 5.92 Å². The molecule has 0 unspecified atom stereocenters. The first kappa shape index (κ1) is 19.8. The van der Waals surface area contributed by atoms with Crippen molar-refractivity contribution in [1.29, 1.82) is 0 Å². The molecule has 130 valence electrons. The molecule has 0 aliphatic carbocycles. The highest BCUT2D eigenvalue weighted by Gasteiger charge is 2.35. The standard InChI is InChI=1S/C18H28ClNO3/c1-6-10-23-18(5,12-13(3)4)17(21)20-14-8-9-16(22-7-2)15(19)11-14/h8-9,11,13H,6-7,10,12H2,1-5H3,(H,20,21)/t18-/m1/s1. The summed E-state index contributed by atoms with van der Waals surface area (Å²) in [5.74, 6) is 0.811. The van der Waals surface area contributed by atoms with E-state index in [0.717, 1.165) is 6.42 Å². The molecule has 1 N–H and O–H groups in total. The summed E-state index contributed by atoms with van der Waals surface area (Å²) in [7, 11) is 0. The molecule has 0 spiro atoms. The molecule has 0 saturated heterocycles. The van der Waals surface area contributed by atoms with Crippen LogP contribution < -0.4 is 10.1 Å². The van der Waals surface area contributed by atoms with E-state index in [1.54, 1.807) is 18.2 Å². The summed E-state index contributed by atoms with van der Waals surface area (Å²) in [4.78, 5) is 12.7. The van der Waals surface area contributed by atoms with Crippen LogP contribution in [0.4, 0.5) is 5.69 Å². The van der Waals surface area contributed by atoms with Crippen molar-refractivity contribution in [3.63, 3.8) is 0 Å². The molecule has 0 aliphatic rings. The molecule has 0 radical (unpaired) electrons. The lowest BCUT2D eigenvalue weighted by Gasteiger charge is -2.30. The largest absolute Gasteiger partial charge is 0.492 e. The zero-order chi connectivity index (χ0) is 17.5. The fourth-order valence-corrected chi connectivity index (χ4v) is 2.67. The van der Waals surface area contributed by atoms with Crippen LogP contribution in [0.3, 0.4) is 0 Å². The quantitative estimate of drug-likeness (QED) is 0.694. The SMILES string of the molecule is CCCO[C@](C)(CC(C)C)C(=O)Nc1ccc(OCC)c(Cl)c1. The fraction of sp³-hybridized carbons (Fsp3) is 0.611. The summed E-state index contributed by atoms with van der Waals surface area (Å²) >= 11 is 6.17. The van der Waals surface area contributed by atoms with Crippen molar-refractivity contribution in [2.45, 2.75) is 53.1 Å². The number of ether oxygens (including phenoxy) is 2. The van der Waals surface area contributed by atoms with E-state index in [4.69, 9.17) is 21.1 Å². The van der Waals surface area contributed by atoms with E-state index < -0.39 is 5.60 Å². The van der Waals surface area contributed by atoms with Crippen molar-refractivity contribution in [3.05, 3.63) is 23.2 Å². The third-order valence-corrected chi connectivity index (χ3v) is 3.69. The number of rotatable bonds is 9. The number of nitrogens with one attached hydrogen (secondary N) is 1. The Bertz CT molecular complexity index is 519. The van der Waals surface area contributed by atoms with Gasteiger partial charge in [0.1, 0.15) is 11.4 Å². The van der Waals surface area contributed by atoms with Gasteiger partial charge in [0, 0.05) is 12.3 Å². The van der Waals surface area contributed by atoms with Crippen LogP contribution in [0.2, 0.25) is 5.02 Å². The van der Waals surface area contributed by atoms with Crippen molar-refractivity contribution >= 4 is 23.2 Å². The number of anilines is 1. The molecule has 0 aromatic heterocycles. The first-order valence-electron chi connectivity index (χ1n) is 8.20. The summed E-state index contributed by atoms with van der Waals surface area (Å²) in [6, 6.07) is 5.23. The number of halogens is 1. The Hall–Kier alpha value is -1.26. The molecule has 1 aromatic carbocycles. The average Bonchev–Trinajstić information content (AvgIpc) is 2.47. The molecule has 0 fully saturated rings. The Kier molecular flexibility index (Phi) is 7.86. The highest BCUT2D eigenvalue weighted by atomic mass is 35.5. The van der Waals surface area contributed by atoms with Crippen molar-refractivity contribution in [2.75, 3.05) is 18.5 Å². The van der Waals surface area contributed by atoms with E-state index in [0.29, 0.717) is 42.0 Å². The van der Waals surface area contributed by atoms with Crippen LogP contribution in [0.5, 0.6) is 5.75 Å². The van der Waals surface area contributed by atoms with E-state index in [1.807, 2.05) is 20.8 Å². The summed E-state index contributed by atoms with van der Waals surface area (Å²) in [6.45, 7) is 11.0. The molecule has 23 heavy (non-hydrogen) atoms. The molecule has 1 rings (SSSR count). The van der Waals surface area contributed by atoms with E-state index in [-0.39, 0.29) is 5.91 Å². The maximum absolute atomic E-state index is 12.7. The predicted octanol–water partition coefficient (Wildman–Crippen LogP) is 4.91. The zero-order valence-corrected chi connectivity index (χ0v) is 15.5. The maximum atomic E-state index is 12.7. The monoisotopic (exact) mass is 341 g/mol. The number of carbonyl (C=O) groups excluding carboxylic acids is 1. The van der Waals surface area contributed by atoms with Gasteiger partial charge in [-0.3, -0.25) is 4.79 Å². The Labute approximate surface area is 144 Å². The number of hydrogen-bond acceptors (Lipinski definition) is 3. The van der Waals surface area contributed by atoms with Gasteiger partial charge in [0.15, 0.2) is 0 Å². The van der Waals surface area contributed by atoms with Gasteiger partial charge in [0.05, 0.1) is 11.6 Å². The lowest BCUT2D eigenvalue weighted by Crippen LogP contribution is -2.44. The second-order valence-electron chi connectivity index (χ2n) is 6.21. The minimum absolute atomic E-state index is 0.153. The number of amides is 1. The number of hydrogen-bond donors (Lipinski definition) is 1. The van der Waals surface area contributed by atoms with Crippen LogP contribution in [0.1, 0.15) is 47.5 Å². The minimum atomic E-state index is -0.852. The van der Waals surface area contributed by atoms with E-state index >= 15 is 0 Å². The number of carbonyl (C=O) groups is 1. The second kappa shape index (κ2) is 9.14. The molecule has 0 heterocycles. The van der Waals surface area contributed by atoms with E-state index in [1.165, 1.54) is 0 Å². The van der Waals surface area contributed by atoms with Crippen LogP contribution in [0.15, 0.2) is 18.2 Å². The van der Waals surface area contributed by atoms with Gasteiger partial charge in [-0.2, -0.15) is 0 Å². The molecule has 0 aliphatic heterocycles. The van der Waals surface area contributed by atoms with Crippen molar-refractivity contribution in [1.82, 2.24) is 0 Å². The average molecular weight is 342 g/mol. The Balaban J connectivity index is 2.87. The zero-order valence-electron chi connectivity index (χ0n) is 14.7. The third kappa shape index (κ3) is 6.04. The summed E-state index contributed by atoms with van der Waals surface area (Å²) in [5, 5.41) is 3.38. The molecule has 1 atom stereocenters. The van der Waals surface area contributed by atoms with Crippen LogP contribution in [0, 0.1) is 5.92 Å². The van der Waals surface area contributed by atoms with E-state index in [2.05, 4.69) is 19.2 Å². The van der Waals surface area contributed by atoms with Gasteiger partial charge < -0.3 is 14.8 Å². The Morgan fingerprint density at radius 2 is 2.04 bits per heavy atom. The molecule has 0 bridgehead atoms. The normalized spacial score (nSPS) is 13.7. The molecule has 1 amide bonds. The second-order valence-corrected chi connectivity index (χ2v) is 6.62. The lowest BCUT2D eigenvalue weighted by atomic mass is 9.93. The van der Waals surface area contributed by atoms with Crippen LogP contribution in [0.25, 0.3) is 0 Å². The van der Waals surface area contributed by atoms with Crippen molar-refractivity contribution < 1.29 is 14.3 Å². The third-order valence-electron chi connectivity index (χ3n) is 3.39. The predicted molar refractivity (Wildman–Crippen MR) is 95.4 cm³/mol. The first-order chi connectivity index (χ1) is 10.8. The Morgan fingerprint density at radius 3 is 2.57 bits per heavy atom. The Morgan fingerprint density at radius 1 is 1.35 bits per heavy atom. The summed E-state index contributed by atoms with van der Waals surface area (Å²) in [5.41, 5.74) is -0.214. The van der Waals surface area contributed by atoms with Gasteiger partial charge in [-0.15, -0.1) is 0 Å². The molecule has 4 nitrogen and oxygen atoms in total. The van der Waals surface area contributed by atoms with Gasteiger partial charge in [-0.05, 0) is 50.8 Å². The van der Waals surface area contributed by atoms with Gasteiger partial charge in [0.25, 0.3) is 5.91 Å². The highest BCUT2D eigenvalue weighted by molar-refractivity contribution is 6.32. The summed E-state index contributed by atoms with van der Waals surface area (Å²) < 4.78 is 11.2. The molecular weight excluding hydrogens is 314 g/mol. The lowest BCUT2D eigenvalue weighted by molar-refractivity contribution is -0.141. The molecule has 5 heteroatoms. The maximum Gasteiger partial charge on any atom is 0.256 e. The van der Waals surface area contributed by atoms with Crippen LogP contribution in [-0.2, 0) is 9.53 Å². The van der Waals surface area contributed by atoms with Gasteiger partial charge >= 0.3 is 0 Å². The van der Waals surface area contributed by atoms with Crippen LogP contribution >= 0.6 is 11.6 Å². The van der Waals surface area contributed by atoms with Crippen LogP contribution in [-0.4, -0.2) is 24.7 Å². The van der Waals surface area contributed by atoms with Gasteiger partial charge in [-0.25, -0.2) is 0 Å². The smallest absolute Gasteiger partial charge is 0.256 e. The highest BCUT2D eigenvalue weighted by Crippen LogP contribution is 2.29. The van der Waals surface area contributed by atoms with E-state index in [9.17, 15) is 4.79 Å². The molecular formula is C18H28ClNO3. The minimum Gasteiger partial charge on any atom is -0.492 e. The van der Waals surface area contributed by atoms with Gasteiger partial charge in [0.2, 0.25) is 0 Å². The topological polar surface area (TPSA) is 47.6 Å². The number of benzene rings is 1.